The maximum atomic E-state index is 12.2. The zero-order chi connectivity index (χ0) is 15.8. The SMILES string of the molecule is CCCCOC(=O)c1ccc(NC(=O)C2CCCCC2)cc1. The first-order chi connectivity index (χ1) is 10.7. The molecule has 2 rings (SSSR count). The normalized spacial score (nSPS) is 15.3. The van der Waals surface area contributed by atoms with Gasteiger partial charge in [-0.05, 0) is 43.5 Å². The van der Waals surface area contributed by atoms with Crippen molar-refractivity contribution >= 4 is 17.6 Å². The summed E-state index contributed by atoms with van der Waals surface area (Å²) in [6, 6.07) is 6.92. The minimum absolute atomic E-state index is 0.0953. The second kappa shape index (κ2) is 8.57. The molecule has 0 atom stereocenters. The van der Waals surface area contributed by atoms with Gasteiger partial charge in [-0.25, -0.2) is 4.79 Å². The molecular weight excluding hydrogens is 278 g/mol. The number of carbonyl (C=O) groups is 2. The summed E-state index contributed by atoms with van der Waals surface area (Å²) in [6.45, 7) is 2.51. The lowest BCUT2D eigenvalue weighted by Gasteiger charge is -2.20. The first-order valence-electron chi connectivity index (χ1n) is 8.28. The summed E-state index contributed by atoms with van der Waals surface area (Å²) >= 11 is 0. The van der Waals surface area contributed by atoms with Gasteiger partial charge in [0.2, 0.25) is 5.91 Å². The molecule has 1 amide bonds. The molecule has 1 fully saturated rings. The lowest BCUT2D eigenvalue weighted by Crippen LogP contribution is -2.24. The summed E-state index contributed by atoms with van der Waals surface area (Å²) in [5, 5.41) is 2.94. The summed E-state index contributed by atoms with van der Waals surface area (Å²) in [4.78, 5) is 23.9. The molecule has 0 unspecified atom stereocenters. The molecule has 1 N–H and O–H groups in total. The van der Waals surface area contributed by atoms with Crippen molar-refractivity contribution < 1.29 is 14.3 Å². The monoisotopic (exact) mass is 303 g/mol. The summed E-state index contributed by atoms with van der Waals surface area (Å²) in [5.74, 6) is -0.0796. The van der Waals surface area contributed by atoms with Crippen LogP contribution in [0, 0.1) is 5.92 Å². The van der Waals surface area contributed by atoms with Gasteiger partial charge in [0.25, 0.3) is 0 Å². The van der Waals surface area contributed by atoms with E-state index < -0.39 is 0 Å². The third-order valence-corrected chi connectivity index (χ3v) is 4.10. The number of hydrogen-bond acceptors (Lipinski definition) is 3. The number of nitrogens with one attached hydrogen (secondary N) is 1. The number of esters is 1. The largest absolute Gasteiger partial charge is 0.462 e. The highest BCUT2D eigenvalue weighted by atomic mass is 16.5. The minimum atomic E-state index is -0.307. The van der Waals surface area contributed by atoms with Crippen molar-refractivity contribution in [3.8, 4) is 0 Å². The first kappa shape index (κ1) is 16.5. The lowest BCUT2D eigenvalue weighted by atomic mass is 9.88. The molecule has 4 heteroatoms. The second-order valence-electron chi connectivity index (χ2n) is 5.89. The number of hydrogen-bond donors (Lipinski definition) is 1. The van der Waals surface area contributed by atoms with Crippen LogP contribution in [0.3, 0.4) is 0 Å². The Labute approximate surface area is 132 Å². The topological polar surface area (TPSA) is 55.4 Å². The average Bonchev–Trinajstić information content (AvgIpc) is 2.56. The van der Waals surface area contributed by atoms with Crippen LogP contribution in [-0.4, -0.2) is 18.5 Å². The Balaban J connectivity index is 1.85. The zero-order valence-electron chi connectivity index (χ0n) is 13.3. The molecule has 0 spiro atoms. The highest BCUT2D eigenvalue weighted by Gasteiger charge is 2.21. The predicted octanol–water partition coefficient (Wildman–Crippen LogP) is 4.16. The quantitative estimate of drug-likeness (QED) is 0.634. The van der Waals surface area contributed by atoms with E-state index in [1.54, 1.807) is 24.3 Å². The van der Waals surface area contributed by atoms with E-state index >= 15 is 0 Å². The van der Waals surface area contributed by atoms with Crippen LogP contribution in [0.1, 0.15) is 62.2 Å². The molecule has 1 aliphatic rings. The predicted molar refractivity (Wildman–Crippen MR) is 86.8 cm³/mol. The Kier molecular flexibility index (Phi) is 6.44. The zero-order valence-corrected chi connectivity index (χ0v) is 13.3. The molecule has 0 heterocycles. The van der Waals surface area contributed by atoms with Crippen LogP contribution >= 0.6 is 0 Å². The van der Waals surface area contributed by atoms with Crippen LogP contribution in [0.4, 0.5) is 5.69 Å². The van der Waals surface area contributed by atoms with Crippen molar-refractivity contribution in [2.75, 3.05) is 11.9 Å². The number of carbonyl (C=O) groups excluding carboxylic acids is 2. The molecule has 0 aliphatic heterocycles. The van der Waals surface area contributed by atoms with Gasteiger partial charge in [0.1, 0.15) is 0 Å². The van der Waals surface area contributed by atoms with Gasteiger partial charge in [0.15, 0.2) is 0 Å². The molecule has 1 aromatic carbocycles. The number of benzene rings is 1. The van der Waals surface area contributed by atoms with Crippen LogP contribution in [0.15, 0.2) is 24.3 Å². The molecule has 120 valence electrons. The first-order valence-corrected chi connectivity index (χ1v) is 8.28. The molecule has 1 aliphatic carbocycles. The fourth-order valence-corrected chi connectivity index (χ4v) is 2.69. The van der Waals surface area contributed by atoms with Gasteiger partial charge in [0, 0.05) is 11.6 Å². The number of amides is 1. The third kappa shape index (κ3) is 4.86. The highest BCUT2D eigenvalue weighted by Crippen LogP contribution is 2.25. The standard InChI is InChI=1S/C18H25NO3/c1-2-3-13-22-18(21)15-9-11-16(12-10-15)19-17(20)14-7-5-4-6-8-14/h9-12,14H,2-8,13H2,1H3,(H,19,20). The third-order valence-electron chi connectivity index (χ3n) is 4.10. The van der Waals surface area contributed by atoms with Gasteiger partial charge in [-0.15, -0.1) is 0 Å². The van der Waals surface area contributed by atoms with Crippen molar-refractivity contribution in [2.45, 2.75) is 51.9 Å². The summed E-state index contributed by atoms with van der Waals surface area (Å²) in [6.07, 6.45) is 7.35. The van der Waals surface area contributed by atoms with E-state index in [0.29, 0.717) is 12.2 Å². The van der Waals surface area contributed by atoms with Gasteiger partial charge in [0.05, 0.1) is 12.2 Å². The van der Waals surface area contributed by atoms with E-state index in [4.69, 9.17) is 4.74 Å². The lowest BCUT2D eigenvalue weighted by molar-refractivity contribution is -0.120. The van der Waals surface area contributed by atoms with E-state index in [1.165, 1.54) is 6.42 Å². The fraction of sp³-hybridized carbons (Fsp3) is 0.556. The molecule has 0 aromatic heterocycles. The van der Waals surface area contributed by atoms with E-state index in [-0.39, 0.29) is 17.8 Å². The molecule has 4 nitrogen and oxygen atoms in total. The van der Waals surface area contributed by atoms with Crippen LogP contribution in [-0.2, 0) is 9.53 Å². The number of rotatable bonds is 6. The van der Waals surface area contributed by atoms with Crippen LogP contribution in [0.2, 0.25) is 0 Å². The summed E-state index contributed by atoms with van der Waals surface area (Å²) < 4.78 is 5.16. The Morgan fingerprint density at radius 2 is 1.82 bits per heavy atom. The van der Waals surface area contributed by atoms with Gasteiger partial charge in [-0.2, -0.15) is 0 Å². The molecule has 1 aromatic rings. The molecule has 0 bridgehead atoms. The molecule has 0 radical (unpaired) electrons. The summed E-state index contributed by atoms with van der Waals surface area (Å²) in [7, 11) is 0. The second-order valence-corrected chi connectivity index (χ2v) is 5.89. The van der Waals surface area contributed by atoms with Crippen molar-refractivity contribution in [3.05, 3.63) is 29.8 Å². The van der Waals surface area contributed by atoms with Crippen LogP contribution < -0.4 is 5.32 Å². The Hall–Kier alpha value is -1.84. The highest BCUT2D eigenvalue weighted by molar-refractivity contribution is 5.94. The Morgan fingerprint density at radius 3 is 2.45 bits per heavy atom. The number of unbranched alkanes of at least 4 members (excludes halogenated alkanes) is 1. The van der Waals surface area contributed by atoms with Crippen molar-refractivity contribution in [3.63, 3.8) is 0 Å². The number of anilines is 1. The molecule has 22 heavy (non-hydrogen) atoms. The van der Waals surface area contributed by atoms with E-state index in [9.17, 15) is 9.59 Å². The average molecular weight is 303 g/mol. The minimum Gasteiger partial charge on any atom is -0.462 e. The van der Waals surface area contributed by atoms with Crippen LogP contribution in [0.25, 0.3) is 0 Å². The molecule has 1 saturated carbocycles. The fourth-order valence-electron chi connectivity index (χ4n) is 2.69. The van der Waals surface area contributed by atoms with E-state index in [2.05, 4.69) is 12.2 Å². The van der Waals surface area contributed by atoms with Crippen molar-refractivity contribution in [1.82, 2.24) is 0 Å². The smallest absolute Gasteiger partial charge is 0.338 e. The van der Waals surface area contributed by atoms with Gasteiger partial charge < -0.3 is 10.1 Å². The molecule has 0 saturated heterocycles. The maximum absolute atomic E-state index is 12.2. The Morgan fingerprint density at radius 1 is 1.14 bits per heavy atom. The van der Waals surface area contributed by atoms with Crippen molar-refractivity contribution in [2.24, 2.45) is 5.92 Å². The van der Waals surface area contributed by atoms with Gasteiger partial charge >= 0.3 is 5.97 Å². The number of ether oxygens (including phenoxy) is 1. The van der Waals surface area contributed by atoms with E-state index in [1.807, 2.05) is 0 Å². The van der Waals surface area contributed by atoms with Crippen LogP contribution in [0.5, 0.6) is 0 Å². The van der Waals surface area contributed by atoms with E-state index in [0.717, 1.165) is 44.2 Å². The Bertz CT molecular complexity index is 490. The summed E-state index contributed by atoms with van der Waals surface area (Å²) in [5.41, 5.74) is 1.26. The van der Waals surface area contributed by atoms with Gasteiger partial charge in [-0.3, -0.25) is 4.79 Å². The van der Waals surface area contributed by atoms with Gasteiger partial charge in [-0.1, -0.05) is 32.6 Å². The van der Waals surface area contributed by atoms with Crippen molar-refractivity contribution in [1.29, 1.82) is 0 Å². The maximum Gasteiger partial charge on any atom is 0.338 e. The molecular formula is C18H25NO3.